The number of hydrogen-bond acceptors (Lipinski definition) is 6. The molecule has 0 saturated carbocycles. The SMILES string of the molecule is CS(=O)(=O)N(CC(=O)NCc1ccc(CN2CCOCC2)cc1)c1ccccc1Oc1ccccc1. The van der Waals surface area contributed by atoms with Crippen molar-refractivity contribution in [3.63, 3.8) is 0 Å². The Morgan fingerprint density at radius 3 is 2.28 bits per heavy atom. The maximum atomic E-state index is 12.8. The summed E-state index contributed by atoms with van der Waals surface area (Å²) < 4.78 is 37.6. The van der Waals surface area contributed by atoms with Crippen LogP contribution >= 0.6 is 0 Å². The van der Waals surface area contributed by atoms with Crippen LogP contribution in [0.5, 0.6) is 11.5 Å². The molecule has 1 amide bonds. The van der Waals surface area contributed by atoms with Gasteiger partial charge in [0.05, 0.1) is 25.2 Å². The summed E-state index contributed by atoms with van der Waals surface area (Å²) in [6, 6.07) is 23.9. The van der Waals surface area contributed by atoms with Crippen LogP contribution < -0.4 is 14.4 Å². The predicted octanol–water partition coefficient (Wildman–Crippen LogP) is 3.39. The second-order valence-electron chi connectivity index (χ2n) is 8.63. The van der Waals surface area contributed by atoms with Gasteiger partial charge in [-0.15, -0.1) is 0 Å². The molecule has 4 rings (SSSR count). The fourth-order valence-corrected chi connectivity index (χ4v) is 4.77. The molecule has 190 valence electrons. The number of amides is 1. The summed E-state index contributed by atoms with van der Waals surface area (Å²) in [6.45, 7) is 4.18. The minimum atomic E-state index is -3.75. The van der Waals surface area contributed by atoms with Crippen LogP contribution in [-0.4, -0.2) is 58.3 Å². The zero-order valence-electron chi connectivity index (χ0n) is 20.3. The number of carbonyl (C=O) groups is 1. The van der Waals surface area contributed by atoms with E-state index < -0.39 is 15.9 Å². The molecule has 3 aromatic carbocycles. The van der Waals surface area contributed by atoms with E-state index in [9.17, 15) is 13.2 Å². The number of nitrogens with one attached hydrogen (secondary N) is 1. The Kier molecular flexibility index (Phi) is 8.58. The lowest BCUT2D eigenvalue weighted by Gasteiger charge is -2.26. The normalized spacial score (nSPS) is 14.2. The molecule has 0 radical (unpaired) electrons. The first-order valence-corrected chi connectivity index (χ1v) is 13.7. The number of ether oxygens (including phenoxy) is 2. The first-order valence-electron chi connectivity index (χ1n) is 11.8. The van der Waals surface area contributed by atoms with Gasteiger partial charge in [0, 0.05) is 26.2 Å². The van der Waals surface area contributed by atoms with Crippen molar-refractivity contribution in [2.24, 2.45) is 0 Å². The summed E-state index contributed by atoms with van der Waals surface area (Å²) in [5.41, 5.74) is 2.43. The largest absolute Gasteiger partial charge is 0.455 e. The number of rotatable bonds is 10. The van der Waals surface area contributed by atoms with E-state index in [2.05, 4.69) is 22.3 Å². The number of nitrogens with zero attached hydrogens (tertiary/aromatic N) is 2. The highest BCUT2D eigenvalue weighted by atomic mass is 32.2. The van der Waals surface area contributed by atoms with E-state index in [0.717, 1.165) is 49.0 Å². The average Bonchev–Trinajstić information content (AvgIpc) is 2.88. The molecule has 0 atom stereocenters. The van der Waals surface area contributed by atoms with E-state index in [1.54, 1.807) is 36.4 Å². The highest BCUT2D eigenvalue weighted by molar-refractivity contribution is 7.92. The molecule has 36 heavy (non-hydrogen) atoms. The maximum absolute atomic E-state index is 12.8. The van der Waals surface area contributed by atoms with Gasteiger partial charge in [0.1, 0.15) is 12.3 Å². The van der Waals surface area contributed by atoms with Gasteiger partial charge in [-0.05, 0) is 35.4 Å². The van der Waals surface area contributed by atoms with Crippen molar-refractivity contribution in [3.05, 3.63) is 90.0 Å². The van der Waals surface area contributed by atoms with Crippen LogP contribution in [0.3, 0.4) is 0 Å². The molecule has 0 spiro atoms. The lowest BCUT2D eigenvalue weighted by atomic mass is 10.1. The van der Waals surface area contributed by atoms with Gasteiger partial charge >= 0.3 is 0 Å². The third-order valence-corrected chi connectivity index (χ3v) is 6.94. The lowest BCUT2D eigenvalue weighted by molar-refractivity contribution is -0.119. The molecule has 1 aliphatic heterocycles. The number of morpholine rings is 1. The van der Waals surface area contributed by atoms with Gasteiger partial charge in [0.25, 0.3) is 0 Å². The summed E-state index contributed by atoms with van der Waals surface area (Å²) >= 11 is 0. The Balaban J connectivity index is 1.38. The molecule has 0 bridgehead atoms. The standard InChI is InChI=1S/C27H31N3O5S/c1-36(32,33)30(25-9-5-6-10-26(25)35-24-7-3-2-4-8-24)21-27(31)28-19-22-11-13-23(14-12-22)20-29-15-17-34-18-16-29/h2-14H,15-21H2,1H3,(H,28,31). The van der Waals surface area contributed by atoms with Crippen molar-refractivity contribution in [3.8, 4) is 11.5 Å². The number of sulfonamides is 1. The van der Waals surface area contributed by atoms with Gasteiger partial charge in [0.2, 0.25) is 15.9 Å². The van der Waals surface area contributed by atoms with E-state index in [1.807, 2.05) is 30.3 Å². The zero-order chi connectivity index (χ0) is 25.4. The van der Waals surface area contributed by atoms with Crippen LogP contribution in [0.15, 0.2) is 78.9 Å². The van der Waals surface area contributed by atoms with E-state index in [-0.39, 0.29) is 6.54 Å². The van der Waals surface area contributed by atoms with Gasteiger partial charge in [-0.1, -0.05) is 54.6 Å². The molecule has 1 aliphatic rings. The molecule has 0 aromatic heterocycles. The minimum absolute atomic E-state index is 0.298. The highest BCUT2D eigenvalue weighted by Crippen LogP contribution is 2.33. The van der Waals surface area contributed by atoms with Crippen molar-refractivity contribution in [1.29, 1.82) is 0 Å². The van der Waals surface area contributed by atoms with Crippen LogP contribution in [0.25, 0.3) is 0 Å². The fourth-order valence-electron chi connectivity index (χ4n) is 3.91. The smallest absolute Gasteiger partial charge is 0.241 e. The second kappa shape index (κ2) is 12.0. The molecular weight excluding hydrogens is 478 g/mol. The average molecular weight is 510 g/mol. The van der Waals surface area contributed by atoms with E-state index in [4.69, 9.17) is 9.47 Å². The summed E-state index contributed by atoms with van der Waals surface area (Å²) in [7, 11) is -3.75. The second-order valence-corrected chi connectivity index (χ2v) is 10.5. The van der Waals surface area contributed by atoms with Gasteiger partial charge in [-0.25, -0.2) is 8.42 Å². The number of carbonyl (C=O) groups excluding carboxylic acids is 1. The summed E-state index contributed by atoms with van der Waals surface area (Å²) in [5.74, 6) is 0.505. The van der Waals surface area contributed by atoms with Crippen molar-refractivity contribution < 1.29 is 22.7 Å². The highest BCUT2D eigenvalue weighted by Gasteiger charge is 2.24. The van der Waals surface area contributed by atoms with E-state index >= 15 is 0 Å². The zero-order valence-corrected chi connectivity index (χ0v) is 21.1. The van der Waals surface area contributed by atoms with Crippen LogP contribution in [0.4, 0.5) is 5.69 Å². The molecule has 1 heterocycles. The lowest BCUT2D eigenvalue weighted by Crippen LogP contribution is -2.40. The summed E-state index contributed by atoms with van der Waals surface area (Å²) in [6.07, 6.45) is 1.08. The molecular formula is C27H31N3O5S. The molecule has 0 aliphatic carbocycles. The topological polar surface area (TPSA) is 88.2 Å². The predicted molar refractivity (Wildman–Crippen MR) is 140 cm³/mol. The van der Waals surface area contributed by atoms with Crippen LogP contribution in [0.2, 0.25) is 0 Å². The quantitative estimate of drug-likeness (QED) is 0.451. The van der Waals surface area contributed by atoms with Gasteiger partial charge in [0.15, 0.2) is 5.75 Å². The van der Waals surface area contributed by atoms with Crippen molar-refractivity contribution in [2.45, 2.75) is 13.1 Å². The molecule has 0 unspecified atom stereocenters. The third-order valence-electron chi connectivity index (χ3n) is 5.82. The number of para-hydroxylation sites is 3. The van der Waals surface area contributed by atoms with Crippen molar-refractivity contribution in [1.82, 2.24) is 10.2 Å². The molecule has 1 fully saturated rings. The first kappa shape index (κ1) is 25.7. The third kappa shape index (κ3) is 7.30. The Morgan fingerprint density at radius 1 is 0.944 bits per heavy atom. The molecule has 3 aromatic rings. The number of anilines is 1. The van der Waals surface area contributed by atoms with E-state index in [1.165, 1.54) is 5.56 Å². The van der Waals surface area contributed by atoms with Gasteiger partial charge in [-0.3, -0.25) is 14.0 Å². The van der Waals surface area contributed by atoms with Gasteiger partial charge < -0.3 is 14.8 Å². The van der Waals surface area contributed by atoms with Crippen LogP contribution in [0.1, 0.15) is 11.1 Å². The van der Waals surface area contributed by atoms with Gasteiger partial charge in [-0.2, -0.15) is 0 Å². The van der Waals surface area contributed by atoms with Crippen molar-refractivity contribution >= 4 is 21.6 Å². The molecule has 1 saturated heterocycles. The first-order chi connectivity index (χ1) is 17.4. The number of hydrogen-bond donors (Lipinski definition) is 1. The molecule has 1 N–H and O–H groups in total. The molecule has 8 nitrogen and oxygen atoms in total. The minimum Gasteiger partial charge on any atom is -0.455 e. The Hall–Kier alpha value is -3.40. The maximum Gasteiger partial charge on any atom is 0.241 e. The molecule has 9 heteroatoms. The Bertz CT molecular complexity index is 1240. The van der Waals surface area contributed by atoms with Crippen LogP contribution in [-0.2, 0) is 32.6 Å². The van der Waals surface area contributed by atoms with Crippen molar-refractivity contribution in [2.75, 3.05) is 43.4 Å². The van der Waals surface area contributed by atoms with Crippen LogP contribution in [0, 0.1) is 0 Å². The monoisotopic (exact) mass is 509 g/mol. The van der Waals surface area contributed by atoms with E-state index in [0.29, 0.717) is 23.7 Å². The Labute approximate surface area is 212 Å². The summed E-state index contributed by atoms with van der Waals surface area (Å²) in [4.78, 5) is 15.1. The Morgan fingerprint density at radius 2 is 1.58 bits per heavy atom. The summed E-state index contributed by atoms with van der Waals surface area (Å²) in [5, 5.41) is 2.83. The number of benzene rings is 3. The fraction of sp³-hybridized carbons (Fsp3) is 0.296.